The summed E-state index contributed by atoms with van der Waals surface area (Å²) in [4.78, 5) is 22.0. The summed E-state index contributed by atoms with van der Waals surface area (Å²) in [6, 6.07) is -0.239. The average molecular weight is 216 g/mol. The van der Waals surface area contributed by atoms with Crippen LogP contribution < -0.4 is 10.6 Å². The van der Waals surface area contributed by atoms with Gasteiger partial charge in [-0.15, -0.1) is 0 Å². The molecular formula is C10H20N2O3. The maximum atomic E-state index is 11.1. The summed E-state index contributed by atoms with van der Waals surface area (Å²) in [5.41, 5.74) is 0. The molecule has 0 aliphatic carbocycles. The van der Waals surface area contributed by atoms with Crippen molar-refractivity contribution in [3.63, 3.8) is 0 Å². The van der Waals surface area contributed by atoms with E-state index in [2.05, 4.69) is 10.6 Å². The fraction of sp³-hybridized carbons (Fsp3) is 0.800. The lowest BCUT2D eigenvalue weighted by atomic mass is 10.1. The minimum absolute atomic E-state index is 0.220. The molecule has 0 aromatic heterocycles. The zero-order chi connectivity index (χ0) is 11.7. The molecule has 0 saturated heterocycles. The van der Waals surface area contributed by atoms with Crippen molar-refractivity contribution in [2.75, 3.05) is 19.7 Å². The second-order valence-corrected chi connectivity index (χ2v) is 3.60. The van der Waals surface area contributed by atoms with Crippen LogP contribution >= 0.6 is 0 Å². The molecule has 0 aromatic rings. The zero-order valence-corrected chi connectivity index (χ0v) is 9.63. The van der Waals surface area contributed by atoms with Crippen molar-refractivity contribution in [3.05, 3.63) is 0 Å². The number of hydrogen-bond acceptors (Lipinski definition) is 3. The van der Waals surface area contributed by atoms with Gasteiger partial charge in [0.05, 0.1) is 6.54 Å². The van der Waals surface area contributed by atoms with Crippen LogP contribution in [0.1, 0.15) is 27.2 Å². The van der Waals surface area contributed by atoms with Gasteiger partial charge in [-0.1, -0.05) is 13.8 Å². The molecule has 15 heavy (non-hydrogen) atoms. The topological polar surface area (TPSA) is 67.4 Å². The Morgan fingerprint density at radius 3 is 2.47 bits per heavy atom. The third-order valence-corrected chi connectivity index (χ3v) is 1.56. The monoisotopic (exact) mass is 216 g/mol. The summed E-state index contributed by atoms with van der Waals surface area (Å²) >= 11 is 0. The Kier molecular flexibility index (Phi) is 7.40. The van der Waals surface area contributed by atoms with Gasteiger partial charge >= 0.3 is 12.0 Å². The number of rotatable bonds is 6. The normalized spacial score (nSPS) is 9.87. The molecule has 0 aliphatic heterocycles. The van der Waals surface area contributed by atoms with Crippen LogP contribution in [-0.2, 0) is 9.53 Å². The van der Waals surface area contributed by atoms with Crippen molar-refractivity contribution in [1.29, 1.82) is 0 Å². The van der Waals surface area contributed by atoms with E-state index in [0.29, 0.717) is 25.4 Å². The molecule has 2 amide bonds. The van der Waals surface area contributed by atoms with E-state index in [1.807, 2.05) is 20.8 Å². The molecule has 0 rings (SSSR count). The number of carbonyl (C=O) groups excluding carboxylic acids is 2. The number of amides is 2. The Labute approximate surface area is 90.6 Å². The first-order valence-electron chi connectivity index (χ1n) is 5.23. The molecule has 0 spiro atoms. The molecule has 0 saturated carbocycles. The van der Waals surface area contributed by atoms with E-state index >= 15 is 0 Å². The third-order valence-electron chi connectivity index (χ3n) is 1.56. The van der Waals surface area contributed by atoms with Gasteiger partial charge in [0.1, 0.15) is 6.61 Å². The first-order chi connectivity index (χ1) is 7.06. The van der Waals surface area contributed by atoms with E-state index in [0.717, 1.165) is 0 Å². The Hall–Kier alpha value is -1.26. The summed E-state index contributed by atoms with van der Waals surface area (Å²) in [6.45, 7) is 6.89. The lowest BCUT2D eigenvalue weighted by Crippen LogP contribution is -2.37. The van der Waals surface area contributed by atoms with Crippen LogP contribution in [0.4, 0.5) is 4.79 Å². The number of carbonyl (C=O) groups is 2. The minimum atomic E-state index is -0.239. The number of nitrogens with one attached hydrogen (secondary N) is 2. The summed E-state index contributed by atoms with van der Waals surface area (Å²) in [6.07, 6.45) is 0.418. The molecule has 0 fully saturated rings. The predicted octanol–water partition coefficient (Wildman–Crippen LogP) is 0.895. The number of hydrogen-bond donors (Lipinski definition) is 2. The molecule has 0 bridgehead atoms. The standard InChI is InChI=1S/C10H20N2O3/c1-4-11-10(14)12-5-6-15-9(13)7-8(2)3/h8H,4-7H2,1-3H3,(H2,11,12,14). The predicted molar refractivity (Wildman–Crippen MR) is 57.5 cm³/mol. The van der Waals surface area contributed by atoms with Crippen molar-refractivity contribution >= 4 is 12.0 Å². The van der Waals surface area contributed by atoms with Crippen molar-refractivity contribution < 1.29 is 14.3 Å². The first kappa shape index (κ1) is 13.7. The van der Waals surface area contributed by atoms with Crippen LogP contribution in [0.25, 0.3) is 0 Å². The first-order valence-corrected chi connectivity index (χ1v) is 5.23. The van der Waals surface area contributed by atoms with E-state index in [1.165, 1.54) is 0 Å². The second-order valence-electron chi connectivity index (χ2n) is 3.60. The molecule has 0 heterocycles. The summed E-state index contributed by atoms with van der Waals surface area (Å²) in [7, 11) is 0. The quantitative estimate of drug-likeness (QED) is 0.512. The average Bonchev–Trinajstić information content (AvgIpc) is 2.12. The Morgan fingerprint density at radius 1 is 1.27 bits per heavy atom. The summed E-state index contributed by atoms with van der Waals surface area (Å²) < 4.78 is 4.90. The molecule has 5 heteroatoms. The van der Waals surface area contributed by atoms with Gasteiger partial charge < -0.3 is 15.4 Å². The van der Waals surface area contributed by atoms with Crippen LogP contribution in [0.3, 0.4) is 0 Å². The van der Waals surface area contributed by atoms with E-state index in [4.69, 9.17) is 4.74 Å². The van der Waals surface area contributed by atoms with Gasteiger partial charge in [-0.25, -0.2) is 4.79 Å². The van der Waals surface area contributed by atoms with E-state index in [9.17, 15) is 9.59 Å². The second kappa shape index (κ2) is 8.08. The van der Waals surface area contributed by atoms with Crippen molar-refractivity contribution in [3.8, 4) is 0 Å². The van der Waals surface area contributed by atoms with E-state index in [-0.39, 0.29) is 18.6 Å². The molecule has 0 atom stereocenters. The van der Waals surface area contributed by atoms with Crippen LogP contribution in [-0.4, -0.2) is 31.7 Å². The molecule has 0 aromatic carbocycles. The Bertz CT molecular complexity index is 205. The van der Waals surface area contributed by atoms with Gasteiger partial charge in [-0.05, 0) is 12.8 Å². The molecule has 0 radical (unpaired) electrons. The highest BCUT2D eigenvalue weighted by molar-refractivity contribution is 5.73. The largest absolute Gasteiger partial charge is 0.464 e. The molecule has 5 nitrogen and oxygen atoms in total. The van der Waals surface area contributed by atoms with Gasteiger partial charge in [0.15, 0.2) is 0 Å². The lowest BCUT2D eigenvalue weighted by Gasteiger charge is -2.08. The maximum absolute atomic E-state index is 11.1. The zero-order valence-electron chi connectivity index (χ0n) is 9.63. The molecule has 88 valence electrons. The highest BCUT2D eigenvalue weighted by atomic mass is 16.5. The van der Waals surface area contributed by atoms with Crippen LogP contribution in [0.5, 0.6) is 0 Å². The van der Waals surface area contributed by atoms with Gasteiger partial charge in [0, 0.05) is 13.0 Å². The molecular weight excluding hydrogens is 196 g/mol. The van der Waals surface area contributed by atoms with Crippen LogP contribution in [0.15, 0.2) is 0 Å². The fourth-order valence-electron chi connectivity index (χ4n) is 0.945. The van der Waals surface area contributed by atoms with Gasteiger partial charge in [-0.3, -0.25) is 4.79 Å². The van der Waals surface area contributed by atoms with Crippen molar-refractivity contribution in [2.24, 2.45) is 5.92 Å². The summed E-state index contributed by atoms with van der Waals surface area (Å²) in [5, 5.41) is 5.14. The molecule has 0 aliphatic rings. The number of esters is 1. The smallest absolute Gasteiger partial charge is 0.314 e. The highest BCUT2D eigenvalue weighted by Gasteiger charge is 2.05. The maximum Gasteiger partial charge on any atom is 0.314 e. The van der Waals surface area contributed by atoms with Gasteiger partial charge in [0.25, 0.3) is 0 Å². The van der Waals surface area contributed by atoms with Crippen molar-refractivity contribution in [2.45, 2.75) is 27.2 Å². The Balaban J connectivity index is 3.38. The SMILES string of the molecule is CCNC(=O)NCCOC(=O)CC(C)C. The number of ether oxygens (including phenoxy) is 1. The van der Waals surface area contributed by atoms with Crippen molar-refractivity contribution in [1.82, 2.24) is 10.6 Å². The fourth-order valence-corrected chi connectivity index (χ4v) is 0.945. The molecule has 0 unspecified atom stereocenters. The lowest BCUT2D eigenvalue weighted by molar-refractivity contribution is -0.144. The third kappa shape index (κ3) is 9.05. The van der Waals surface area contributed by atoms with Crippen LogP contribution in [0.2, 0.25) is 0 Å². The summed E-state index contributed by atoms with van der Waals surface area (Å²) in [5.74, 6) is 0.0801. The Morgan fingerprint density at radius 2 is 1.93 bits per heavy atom. The molecule has 2 N–H and O–H groups in total. The minimum Gasteiger partial charge on any atom is -0.464 e. The highest BCUT2D eigenvalue weighted by Crippen LogP contribution is 2.00. The number of urea groups is 1. The van der Waals surface area contributed by atoms with Gasteiger partial charge in [-0.2, -0.15) is 0 Å². The van der Waals surface area contributed by atoms with E-state index < -0.39 is 0 Å². The van der Waals surface area contributed by atoms with Gasteiger partial charge in [0.2, 0.25) is 0 Å². The van der Waals surface area contributed by atoms with Crippen LogP contribution in [0, 0.1) is 5.92 Å². The van der Waals surface area contributed by atoms with E-state index in [1.54, 1.807) is 0 Å².